The number of hydrogen-bond donors (Lipinski definition) is 0. The Bertz CT molecular complexity index is 1020. The van der Waals surface area contributed by atoms with Crippen LogP contribution in [-0.2, 0) is 6.42 Å². The fourth-order valence-electron chi connectivity index (χ4n) is 3.47. The summed E-state index contributed by atoms with van der Waals surface area (Å²) in [5.41, 5.74) is 2.76. The topological polar surface area (TPSA) is 9.23 Å². The lowest BCUT2D eigenvalue weighted by Gasteiger charge is -2.26. The van der Waals surface area contributed by atoms with E-state index >= 15 is 0 Å². The zero-order valence-electron chi connectivity index (χ0n) is 19.5. The fourth-order valence-corrected chi connectivity index (χ4v) is 4.26. The SMILES string of the molecule is CCCCCCOc1ccc(-c2ccc(CC(F)(F)C(F)(F)Sc3ccc(C)cc3)cc2)cc1. The van der Waals surface area contributed by atoms with E-state index in [0.717, 1.165) is 35.3 Å². The molecule has 0 saturated heterocycles. The van der Waals surface area contributed by atoms with Crippen LogP contribution in [0.4, 0.5) is 17.6 Å². The molecule has 3 aromatic rings. The van der Waals surface area contributed by atoms with E-state index in [1.54, 1.807) is 24.3 Å². The van der Waals surface area contributed by atoms with Gasteiger partial charge in [0.05, 0.1) is 6.61 Å². The van der Waals surface area contributed by atoms with E-state index in [-0.39, 0.29) is 22.2 Å². The van der Waals surface area contributed by atoms with Crippen LogP contribution in [0.2, 0.25) is 0 Å². The van der Waals surface area contributed by atoms with E-state index in [0.29, 0.717) is 6.61 Å². The number of halogens is 4. The summed E-state index contributed by atoms with van der Waals surface area (Å²) >= 11 is -0.104. The van der Waals surface area contributed by atoms with Gasteiger partial charge in [-0.1, -0.05) is 80.3 Å². The summed E-state index contributed by atoms with van der Waals surface area (Å²) in [5, 5.41) is -4.23. The Hall–Kier alpha value is -2.47. The Morgan fingerprint density at radius 2 is 1.32 bits per heavy atom. The van der Waals surface area contributed by atoms with Crippen LogP contribution in [-0.4, -0.2) is 17.8 Å². The highest BCUT2D eigenvalue weighted by Gasteiger charge is 2.56. The molecular weight excluding hydrogens is 460 g/mol. The van der Waals surface area contributed by atoms with Crippen molar-refractivity contribution >= 4 is 11.8 Å². The number of rotatable bonds is 12. The van der Waals surface area contributed by atoms with Crippen LogP contribution >= 0.6 is 11.8 Å². The largest absolute Gasteiger partial charge is 0.494 e. The normalized spacial score (nSPS) is 12.1. The fraction of sp³-hybridized carbons (Fsp3) is 0.357. The second kappa shape index (κ2) is 11.8. The number of aryl methyl sites for hydroxylation is 1. The van der Waals surface area contributed by atoms with E-state index < -0.39 is 17.6 Å². The van der Waals surface area contributed by atoms with Crippen LogP contribution in [0.25, 0.3) is 11.1 Å². The molecule has 6 heteroatoms. The first-order chi connectivity index (χ1) is 16.2. The highest BCUT2D eigenvalue weighted by atomic mass is 32.2. The van der Waals surface area contributed by atoms with Crippen LogP contribution < -0.4 is 4.74 Å². The molecule has 0 radical (unpaired) electrons. The first-order valence-corrected chi connectivity index (χ1v) is 12.4. The highest BCUT2D eigenvalue weighted by molar-refractivity contribution is 8.00. The van der Waals surface area contributed by atoms with Gasteiger partial charge in [0.15, 0.2) is 0 Å². The Morgan fingerprint density at radius 3 is 1.91 bits per heavy atom. The summed E-state index contributed by atoms with van der Waals surface area (Å²) in [5.74, 6) is -3.41. The third-order valence-corrected chi connectivity index (χ3v) is 6.59. The van der Waals surface area contributed by atoms with Crippen LogP contribution in [0.15, 0.2) is 77.7 Å². The molecule has 0 aliphatic carbocycles. The first kappa shape index (κ1) is 26.1. The van der Waals surface area contributed by atoms with Gasteiger partial charge in [0, 0.05) is 11.3 Å². The van der Waals surface area contributed by atoms with Crippen molar-refractivity contribution in [2.75, 3.05) is 6.61 Å². The van der Waals surface area contributed by atoms with Gasteiger partial charge in [-0.05, 0) is 66.1 Å². The minimum absolute atomic E-state index is 0.104. The predicted octanol–water partition coefficient (Wildman–Crippen LogP) is 9.18. The van der Waals surface area contributed by atoms with E-state index in [9.17, 15) is 17.6 Å². The van der Waals surface area contributed by atoms with E-state index in [2.05, 4.69) is 6.92 Å². The maximum Gasteiger partial charge on any atom is 0.360 e. The van der Waals surface area contributed by atoms with Gasteiger partial charge in [0.2, 0.25) is 0 Å². The predicted molar refractivity (Wildman–Crippen MR) is 132 cm³/mol. The van der Waals surface area contributed by atoms with Crippen molar-refractivity contribution < 1.29 is 22.3 Å². The van der Waals surface area contributed by atoms with Crippen LogP contribution in [0.3, 0.4) is 0 Å². The Morgan fingerprint density at radius 1 is 0.735 bits per heavy atom. The lowest BCUT2D eigenvalue weighted by molar-refractivity contribution is -0.150. The van der Waals surface area contributed by atoms with E-state index in [1.807, 2.05) is 31.2 Å². The third kappa shape index (κ3) is 7.26. The number of benzene rings is 3. The summed E-state index contributed by atoms with van der Waals surface area (Å²) in [6, 6.07) is 20.0. The van der Waals surface area contributed by atoms with Gasteiger partial charge in [-0.25, -0.2) is 0 Å². The molecule has 0 unspecified atom stereocenters. The summed E-state index contributed by atoms with van der Waals surface area (Å²) in [6.45, 7) is 4.65. The molecular formula is C28H30F4OS. The van der Waals surface area contributed by atoms with Gasteiger partial charge in [-0.15, -0.1) is 0 Å². The molecule has 0 bridgehead atoms. The molecule has 0 aliphatic rings. The molecule has 34 heavy (non-hydrogen) atoms. The zero-order chi connectivity index (χ0) is 24.6. The summed E-state index contributed by atoms with van der Waals surface area (Å²) in [6.07, 6.45) is 3.51. The van der Waals surface area contributed by atoms with E-state index in [1.165, 1.54) is 37.1 Å². The highest BCUT2D eigenvalue weighted by Crippen LogP contribution is 2.48. The van der Waals surface area contributed by atoms with Crippen molar-refractivity contribution in [3.63, 3.8) is 0 Å². The van der Waals surface area contributed by atoms with Gasteiger partial charge in [-0.3, -0.25) is 0 Å². The van der Waals surface area contributed by atoms with Crippen molar-refractivity contribution in [3.05, 3.63) is 83.9 Å². The average molecular weight is 491 g/mol. The molecule has 0 fully saturated rings. The summed E-state index contributed by atoms with van der Waals surface area (Å²) in [4.78, 5) is 0.110. The van der Waals surface area contributed by atoms with Gasteiger partial charge in [-0.2, -0.15) is 17.6 Å². The van der Waals surface area contributed by atoms with Gasteiger partial charge in [0.1, 0.15) is 5.75 Å². The quantitative estimate of drug-likeness (QED) is 0.142. The van der Waals surface area contributed by atoms with Gasteiger partial charge in [0.25, 0.3) is 0 Å². The van der Waals surface area contributed by atoms with Crippen molar-refractivity contribution in [1.29, 1.82) is 0 Å². The van der Waals surface area contributed by atoms with Gasteiger partial charge >= 0.3 is 11.2 Å². The number of ether oxygens (including phenoxy) is 1. The van der Waals surface area contributed by atoms with Crippen LogP contribution in [0.1, 0.15) is 43.7 Å². The van der Waals surface area contributed by atoms with Gasteiger partial charge < -0.3 is 4.74 Å². The molecule has 0 aromatic heterocycles. The molecule has 0 atom stereocenters. The maximum atomic E-state index is 14.5. The first-order valence-electron chi connectivity index (χ1n) is 11.5. The lowest BCUT2D eigenvalue weighted by atomic mass is 10.0. The summed E-state index contributed by atoms with van der Waals surface area (Å²) in [7, 11) is 0. The Labute approximate surface area is 203 Å². The van der Waals surface area contributed by atoms with Crippen molar-refractivity contribution in [1.82, 2.24) is 0 Å². The van der Waals surface area contributed by atoms with Crippen molar-refractivity contribution in [2.24, 2.45) is 0 Å². The monoisotopic (exact) mass is 490 g/mol. The molecule has 1 nitrogen and oxygen atoms in total. The molecule has 3 rings (SSSR count). The molecule has 0 amide bonds. The Kier molecular flexibility index (Phi) is 9.06. The smallest absolute Gasteiger partial charge is 0.360 e. The molecule has 0 N–H and O–H groups in total. The Balaban J connectivity index is 1.59. The number of alkyl halides is 4. The standard InChI is InChI=1S/C28H30F4OS/c1-3-4-5-6-19-33-25-15-13-24(14-16-25)23-11-9-22(10-12-23)20-27(29,30)28(31,32)34-26-17-7-21(2)8-18-26/h7-18H,3-6,19-20H2,1-2H3. The number of unbranched alkanes of at least 4 members (excludes halogenated alkanes) is 3. The molecule has 0 heterocycles. The van der Waals surface area contributed by atoms with Crippen LogP contribution in [0.5, 0.6) is 5.75 Å². The van der Waals surface area contributed by atoms with Crippen LogP contribution in [0, 0.1) is 6.92 Å². The maximum absolute atomic E-state index is 14.5. The molecule has 0 saturated carbocycles. The minimum Gasteiger partial charge on any atom is -0.494 e. The zero-order valence-corrected chi connectivity index (χ0v) is 20.3. The number of hydrogen-bond acceptors (Lipinski definition) is 2. The van der Waals surface area contributed by atoms with Crippen molar-refractivity contribution in [2.45, 2.75) is 62.0 Å². The van der Waals surface area contributed by atoms with Crippen molar-refractivity contribution in [3.8, 4) is 16.9 Å². The molecule has 3 aromatic carbocycles. The molecule has 0 spiro atoms. The lowest BCUT2D eigenvalue weighted by Crippen LogP contribution is -2.39. The van der Waals surface area contributed by atoms with E-state index in [4.69, 9.17) is 4.74 Å². The molecule has 182 valence electrons. The second-order valence-electron chi connectivity index (χ2n) is 8.44. The second-order valence-corrected chi connectivity index (χ2v) is 9.63. The third-order valence-electron chi connectivity index (χ3n) is 5.53. The minimum atomic E-state index is -4.23. The number of thioether (sulfide) groups is 1. The average Bonchev–Trinajstić information content (AvgIpc) is 2.81. The summed E-state index contributed by atoms with van der Waals surface area (Å²) < 4.78 is 63.6. The molecule has 0 aliphatic heterocycles.